The van der Waals surface area contributed by atoms with Crippen molar-refractivity contribution in [2.45, 2.75) is 38.4 Å². The van der Waals surface area contributed by atoms with Crippen molar-refractivity contribution >= 4 is 22.2 Å². The maximum absolute atomic E-state index is 11.8. The fourth-order valence-corrected chi connectivity index (χ4v) is 3.27. The Morgan fingerprint density at radius 2 is 2.11 bits per heavy atom. The van der Waals surface area contributed by atoms with Gasteiger partial charge in [0.05, 0.1) is 6.04 Å². The van der Waals surface area contributed by atoms with Crippen LogP contribution in [0.1, 0.15) is 20.3 Å². The van der Waals surface area contributed by atoms with E-state index in [4.69, 9.17) is 4.55 Å². The van der Waals surface area contributed by atoms with Crippen molar-refractivity contribution in [1.29, 1.82) is 0 Å². The number of hydrogen-bond donors (Lipinski definition) is 2. The fourth-order valence-electron chi connectivity index (χ4n) is 2.37. The van der Waals surface area contributed by atoms with Crippen molar-refractivity contribution in [3.8, 4) is 0 Å². The summed E-state index contributed by atoms with van der Waals surface area (Å²) in [4.78, 5) is 24.7. The first-order valence-corrected chi connectivity index (χ1v) is 7.01. The van der Waals surface area contributed by atoms with Crippen LogP contribution in [-0.4, -0.2) is 58.8 Å². The fraction of sp³-hybridized carbons (Fsp3) is 0.778. The molecule has 2 aliphatic rings. The van der Waals surface area contributed by atoms with Gasteiger partial charge in [0.25, 0.3) is 5.91 Å². The van der Waals surface area contributed by atoms with Gasteiger partial charge in [0.1, 0.15) is 6.04 Å². The van der Waals surface area contributed by atoms with Crippen LogP contribution in [0.5, 0.6) is 0 Å². The molecule has 8 nitrogen and oxygen atoms in total. The highest BCUT2D eigenvalue weighted by atomic mass is 32.2. The SMILES string of the molecule is CC(C)NC(=O)N1CC[C@@H]2[C@H]1C(=O)N2S(=O)(=O)O. The number of urea groups is 1. The van der Waals surface area contributed by atoms with Crippen molar-refractivity contribution in [3.63, 3.8) is 0 Å². The number of carbonyl (C=O) groups is 2. The van der Waals surface area contributed by atoms with E-state index >= 15 is 0 Å². The highest BCUT2D eigenvalue weighted by Crippen LogP contribution is 2.35. The second kappa shape index (κ2) is 4.09. The van der Waals surface area contributed by atoms with E-state index in [1.54, 1.807) is 13.8 Å². The van der Waals surface area contributed by atoms with Gasteiger partial charge >= 0.3 is 16.3 Å². The number of hydrogen-bond acceptors (Lipinski definition) is 4. The van der Waals surface area contributed by atoms with E-state index in [1.807, 2.05) is 0 Å². The minimum Gasteiger partial charge on any atom is -0.336 e. The predicted molar refractivity (Wildman–Crippen MR) is 61.0 cm³/mol. The third kappa shape index (κ3) is 1.93. The molecule has 0 spiro atoms. The second-order valence-corrected chi connectivity index (χ2v) is 6.00. The first-order valence-electron chi connectivity index (χ1n) is 5.61. The van der Waals surface area contributed by atoms with Gasteiger partial charge in [0.2, 0.25) is 0 Å². The molecule has 2 atom stereocenters. The van der Waals surface area contributed by atoms with Crippen molar-refractivity contribution in [2.75, 3.05) is 6.54 Å². The molecule has 0 aromatic heterocycles. The van der Waals surface area contributed by atoms with Crippen LogP contribution >= 0.6 is 0 Å². The number of nitrogens with one attached hydrogen (secondary N) is 1. The molecular formula is C9H15N3O5S. The van der Waals surface area contributed by atoms with Crippen LogP contribution in [0.2, 0.25) is 0 Å². The first-order chi connectivity index (χ1) is 8.23. The summed E-state index contributed by atoms with van der Waals surface area (Å²) < 4.78 is 31.3. The third-order valence-corrected chi connectivity index (χ3v) is 4.01. The number of rotatable bonds is 2. The standard InChI is InChI=1S/C9H15N3O5S/c1-5(2)10-9(14)11-4-3-6-7(11)8(13)12(6)18(15,16)17/h5-7H,3-4H2,1-2H3,(H,10,14)(H,15,16,17)/t6-,7+/m1/s1. The summed E-state index contributed by atoms with van der Waals surface area (Å²) in [5.74, 6) is -0.751. The molecule has 2 rings (SSSR count). The summed E-state index contributed by atoms with van der Waals surface area (Å²) in [6, 6.07) is -1.86. The molecule has 2 saturated heterocycles. The van der Waals surface area contributed by atoms with Crippen LogP contribution in [0.25, 0.3) is 0 Å². The Bertz CT molecular complexity index is 488. The molecule has 0 radical (unpaired) electrons. The number of nitrogens with zero attached hydrogens (tertiary/aromatic N) is 2. The first kappa shape index (κ1) is 13.1. The lowest BCUT2D eigenvalue weighted by Crippen LogP contribution is -2.69. The minimum absolute atomic E-state index is 0.0654. The van der Waals surface area contributed by atoms with Crippen LogP contribution in [0.15, 0.2) is 0 Å². The molecule has 0 aliphatic carbocycles. The summed E-state index contributed by atoms with van der Waals surface area (Å²) in [7, 11) is -4.52. The maximum Gasteiger partial charge on any atom is 0.362 e. The molecule has 0 aromatic carbocycles. The molecule has 102 valence electrons. The summed E-state index contributed by atoms with van der Waals surface area (Å²) in [5.41, 5.74) is 0. The summed E-state index contributed by atoms with van der Waals surface area (Å²) in [5, 5.41) is 2.65. The van der Waals surface area contributed by atoms with E-state index in [2.05, 4.69) is 5.32 Å². The Labute approximate surface area is 105 Å². The van der Waals surface area contributed by atoms with Gasteiger partial charge in [-0.05, 0) is 20.3 Å². The van der Waals surface area contributed by atoms with Crippen LogP contribution in [0.4, 0.5) is 4.79 Å². The Kier molecular flexibility index (Phi) is 2.98. The van der Waals surface area contributed by atoms with Crippen LogP contribution in [0, 0.1) is 0 Å². The van der Waals surface area contributed by atoms with Gasteiger partial charge in [0.15, 0.2) is 0 Å². The van der Waals surface area contributed by atoms with Crippen molar-refractivity contribution in [1.82, 2.24) is 14.5 Å². The lowest BCUT2D eigenvalue weighted by atomic mass is 10.0. The van der Waals surface area contributed by atoms with E-state index in [9.17, 15) is 18.0 Å². The van der Waals surface area contributed by atoms with Crippen molar-refractivity contribution < 1.29 is 22.6 Å². The zero-order chi connectivity index (χ0) is 13.7. The minimum atomic E-state index is -4.52. The molecule has 2 heterocycles. The smallest absolute Gasteiger partial charge is 0.336 e. The molecule has 2 fully saturated rings. The van der Waals surface area contributed by atoms with E-state index in [0.717, 1.165) is 0 Å². The average molecular weight is 277 g/mol. The van der Waals surface area contributed by atoms with Gasteiger partial charge in [-0.15, -0.1) is 0 Å². The number of β-lactam (4-membered cyclic amide) rings is 1. The van der Waals surface area contributed by atoms with Gasteiger partial charge in [-0.3, -0.25) is 9.35 Å². The Hall–Kier alpha value is -1.35. The second-order valence-electron chi connectivity index (χ2n) is 4.71. The molecule has 0 aromatic rings. The highest BCUT2D eigenvalue weighted by molar-refractivity contribution is 7.84. The third-order valence-electron chi connectivity index (χ3n) is 3.06. The normalized spacial score (nSPS) is 27.2. The lowest BCUT2D eigenvalue weighted by Gasteiger charge is -2.42. The average Bonchev–Trinajstić information content (AvgIpc) is 2.53. The van der Waals surface area contributed by atoms with Gasteiger partial charge in [0, 0.05) is 12.6 Å². The van der Waals surface area contributed by atoms with E-state index in [1.165, 1.54) is 4.90 Å². The maximum atomic E-state index is 11.8. The summed E-state index contributed by atoms with van der Waals surface area (Å²) >= 11 is 0. The molecule has 9 heteroatoms. The van der Waals surface area contributed by atoms with E-state index < -0.39 is 28.3 Å². The Balaban J connectivity index is 2.11. The largest absolute Gasteiger partial charge is 0.362 e. The van der Waals surface area contributed by atoms with Gasteiger partial charge < -0.3 is 10.2 Å². The quantitative estimate of drug-likeness (QED) is 0.507. The molecule has 0 bridgehead atoms. The molecule has 3 amide bonds. The summed E-state index contributed by atoms with van der Waals surface area (Å²) in [6.45, 7) is 3.88. The van der Waals surface area contributed by atoms with Crippen LogP contribution in [0.3, 0.4) is 0 Å². The van der Waals surface area contributed by atoms with Gasteiger partial charge in [-0.1, -0.05) is 0 Å². The Morgan fingerprint density at radius 3 is 2.61 bits per heavy atom. The van der Waals surface area contributed by atoms with Gasteiger partial charge in [-0.25, -0.2) is 9.10 Å². The van der Waals surface area contributed by atoms with Crippen molar-refractivity contribution in [3.05, 3.63) is 0 Å². The van der Waals surface area contributed by atoms with Crippen LogP contribution < -0.4 is 5.32 Å². The monoisotopic (exact) mass is 277 g/mol. The number of fused-ring (bicyclic) bond motifs is 1. The number of amides is 3. The highest BCUT2D eigenvalue weighted by Gasteiger charge is 2.59. The molecule has 2 aliphatic heterocycles. The number of likely N-dealkylation sites (tertiary alicyclic amines) is 1. The zero-order valence-electron chi connectivity index (χ0n) is 10.0. The van der Waals surface area contributed by atoms with E-state index in [-0.39, 0.29) is 12.1 Å². The van der Waals surface area contributed by atoms with E-state index in [0.29, 0.717) is 17.3 Å². The lowest BCUT2D eigenvalue weighted by molar-refractivity contribution is -0.143. The van der Waals surface area contributed by atoms with Crippen LogP contribution in [-0.2, 0) is 15.1 Å². The Morgan fingerprint density at radius 1 is 1.50 bits per heavy atom. The zero-order valence-corrected chi connectivity index (χ0v) is 10.8. The molecule has 0 unspecified atom stereocenters. The predicted octanol–water partition coefficient (Wildman–Crippen LogP) is -0.808. The number of carbonyl (C=O) groups excluding carboxylic acids is 2. The molecule has 0 saturated carbocycles. The topological polar surface area (TPSA) is 107 Å². The molecule has 2 N–H and O–H groups in total. The summed E-state index contributed by atoms with van der Waals surface area (Å²) in [6.07, 6.45) is 0.349. The molecular weight excluding hydrogens is 262 g/mol. The van der Waals surface area contributed by atoms with Gasteiger partial charge in [-0.2, -0.15) is 8.42 Å². The van der Waals surface area contributed by atoms with Crippen molar-refractivity contribution in [2.24, 2.45) is 0 Å². The molecule has 18 heavy (non-hydrogen) atoms.